The van der Waals surface area contributed by atoms with E-state index in [1.807, 2.05) is 24.3 Å². The van der Waals surface area contributed by atoms with Gasteiger partial charge in [0.1, 0.15) is 5.75 Å². The molecule has 2 rings (SSSR count). The molecule has 0 spiro atoms. The number of methoxy groups -OCH3 is 1. The van der Waals surface area contributed by atoms with Crippen LogP contribution in [0.2, 0.25) is 0 Å². The molecule has 0 amide bonds. The highest BCUT2D eigenvalue weighted by Crippen LogP contribution is 2.25. The molecule has 4 nitrogen and oxygen atoms in total. The molecule has 20 heavy (non-hydrogen) atoms. The maximum atomic E-state index is 11.3. The highest BCUT2D eigenvalue weighted by Gasteiger charge is 2.22. The summed E-state index contributed by atoms with van der Waals surface area (Å²) in [6, 6.07) is 7.86. The zero-order valence-corrected chi connectivity index (χ0v) is 13.3. The monoisotopic (exact) mass is 341 g/mol. The van der Waals surface area contributed by atoms with Gasteiger partial charge in [-0.2, -0.15) is 0 Å². The van der Waals surface area contributed by atoms with E-state index in [2.05, 4.69) is 20.8 Å². The number of carbonyl (C=O) groups is 1. The first-order valence-corrected chi connectivity index (χ1v) is 7.65. The number of para-hydroxylation sites is 1. The number of halogens is 1. The zero-order valence-electron chi connectivity index (χ0n) is 11.7. The Hall–Kier alpha value is -1.07. The quantitative estimate of drug-likeness (QED) is 0.772. The number of hydrogen-bond acceptors (Lipinski definition) is 4. The predicted molar refractivity (Wildman–Crippen MR) is 80.8 cm³/mol. The van der Waals surface area contributed by atoms with Crippen LogP contribution >= 0.6 is 15.9 Å². The summed E-state index contributed by atoms with van der Waals surface area (Å²) in [6.07, 6.45) is 2.24. The molecule has 5 heteroatoms. The lowest BCUT2D eigenvalue weighted by atomic mass is 9.99. The maximum absolute atomic E-state index is 11.3. The van der Waals surface area contributed by atoms with Gasteiger partial charge in [0.15, 0.2) is 0 Å². The summed E-state index contributed by atoms with van der Waals surface area (Å²) >= 11 is 3.48. The van der Waals surface area contributed by atoms with Crippen molar-refractivity contribution in [2.45, 2.75) is 12.8 Å². The summed E-state index contributed by atoms with van der Waals surface area (Å²) in [5.41, 5.74) is 0. The Kier molecular flexibility index (Phi) is 5.86. The fraction of sp³-hybridized carbons (Fsp3) is 0.533. The standard InChI is InChI=1S/C15H20BrNO3/c1-19-15(18)10-17-8-4-5-12(9-17)11-20-14-7-3-2-6-13(14)16/h2-3,6-7,12H,4-5,8-11H2,1H3. The molecule has 110 valence electrons. The molecule has 0 aromatic heterocycles. The molecule has 1 aliphatic heterocycles. The lowest BCUT2D eigenvalue weighted by Crippen LogP contribution is -2.40. The van der Waals surface area contributed by atoms with Gasteiger partial charge < -0.3 is 9.47 Å². The molecule has 1 aromatic rings. The fourth-order valence-corrected chi connectivity index (χ4v) is 2.85. The van der Waals surface area contributed by atoms with Crippen LogP contribution in [0.15, 0.2) is 28.7 Å². The summed E-state index contributed by atoms with van der Waals surface area (Å²) in [6.45, 7) is 2.91. The molecule has 0 N–H and O–H groups in total. The van der Waals surface area contributed by atoms with Gasteiger partial charge in [0.05, 0.1) is 24.7 Å². The van der Waals surface area contributed by atoms with Crippen LogP contribution in [0.25, 0.3) is 0 Å². The van der Waals surface area contributed by atoms with Crippen LogP contribution in [0.4, 0.5) is 0 Å². The average molecular weight is 342 g/mol. The third-order valence-electron chi connectivity index (χ3n) is 3.49. The fourth-order valence-electron chi connectivity index (χ4n) is 2.45. The molecule has 0 saturated carbocycles. The SMILES string of the molecule is COC(=O)CN1CCCC(COc2ccccc2Br)C1. The summed E-state index contributed by atoms with van der Waals surface area (Å²) < 4.78 is 11.6. The van der Waals surface area contributed by atoms with Gasteiger partial charge in [0.2, 0.25) is 0 Å². The van der Waals surface area contributed by atoms with E-state index in [1.165, 1.54) is 7.11 Å². The third kappa shape index (κ3) is 4.49. The minimum atomic E-state index is -0.169. The molecular weight excluding hydrogens is 322 g/mol. The van der Waals surface area contributed by atoms with Gasteiger partial charge in [0, 0.05) is 12.5 Å². The van der Waals surface area contributed by atoms with E-state index in [-0.39, 0.29) is 5.97 Å². The van der Waals surface area contributed by atoms with Gasteiger partial charge in [0.25, 0.3) is 0 Å². The molecule has 1 atom stereocenters. The zero-order chi connectivity index (χ0) is 14.4. The van der Waals surface area contributed by atoms with E-state index in [1.54, 1.807) is 0 Å². The minimum absolute atomic E-state index is 0.169. The first-order chi connectivity index (χ1) is 9.69. The van der Waals surface area contributed by atoms with Gasteiger partial charge in [-0.15, -0.1) is 0 Å². The molecule has 0 aliphatic carbocycles. The lowest BCUT2D eigenvalue weighted by Gasteiger charge is -2.31. The smallest absolute Gasteiger partial charge is 0.319 e. The van der Waals surface area contributed by atoms with Crippen molar-refractivity contribution in [1.82, 2.24) is 4.90 Å². The summed E-state index contributed by atoms with van der Waals surface area (Å²) in [5, 5.41) is 0. The van der Waals surface area contributed by atoms with Crippen LogP contribution in [0.1, 0.15) is 12.8 Å². The van der Waals surface area contributed by atoms with Crippen molar-refractivity contribution >= 4 is 21.9 Å². The van der Waals surface area contributed by atoms with Crippen LogP contribution in [0, 0.1) is 5.92 Å². The Balaban J connectivity index is 1.81. The van der Waals surface area contributed by atoms with Gasteiger partial charge in [-0.1, -0.05) is 12.1 Å². The van der Waals surface area contributed by atoms with Crippen molar-refractivity contribution in [2.75, 3.05) is 33.4 Å². The molecule has 1 aromatic carbocycles. The molecular formula is C15H20BrNO3. The Morgan fingerprint density at radius 1 is 1.45 bits per heavy atom. The Labute approximate surface area is 128 Å². The third-order valence-corrected chi connectivity index (χ3v) is 4.15. The van der Waals surface area contributed by atoms with E-state index in [0.717, 1.165) is 36.2 Å². The molecule has 1 saturated heterocycles. The van der Waals surface area contributed by atoms with E-state index < -0.39 is 0 Å². The Bertz CT molecular complexity index is 452. The summed E-state index contributed by atoms with van der Waals surface area (Å²) in [4.78, 5) is 13.5. The van der Waals surface area contributed by atoms with Crippen LogP contribution < -0.4 is 4.74 Å². The minimum Gasteiger partial charge on any atom is -0.492 e. The van der Waals surface area contributed by atoms with Crippen molar-refractivity contribution in [3.05, 3.63) is 28.7 Å². The first-order valence-electron chi connectivity index (χ1n) is 6.85. The second-order valence-corrected chi connectivity index (χ2v) is 5.92. The molecule has 0 bridgehead atoms. The van der Waals surface area contributed by atoms with E-state index in [9.17, 15) is 4.79 Å². The van der Waals surface area contributed by atoms with Crippen LogP contribution in [-0.2, 0) is 9.53 Å². The average Bonchev–Trinajstić information content (AvgIpc) is 2.47. The number of rotatable bonds is 5. The largest absolute Gasteiger partial charge is 0.492 e. The molecule has 1 fully saturated rings. The molecule has 1 unspecified atom stereocenters. The Morgan fingerprint density at radius 2 is 2.25 bits per heavy atom. The highest BCUT2D eigenvalue weighted by molar-refractivity contribution is 9.10. The van der Waals surface area contributed by atoms with Crippen molar-refractivity contribution in [1.29, 1.82) is 0 Å². The van der Waals surface area contributed by atoms with Crippen LogP contribution in [0.5, 0.6) is 5.75 Å². The number of nitrogens with zero attached hydrogens (tertiary/aromatic N) is 1. The molecule has 1 aliphatic rings. The molecule has 0 radical (unpaired) electrons. The second-order valence-electron chi connectivity index (χ2n) is 5.06. The van der Waals surface area contributed by atoms with Crippen LogP contribution in [-0.4, -0.2) is 44.2 Å². The number of piperidine rings is 1. The number of hydrogen-bond donors (Lipinski definition) is 0. The lowest BCUT2D eigenvalue weighted by molar-refractivity contribution is -0.142. The Morgan fingerprint density at radius 3 is 3.00 bits per heavy atom. The highest BCUT2D eigenvalue weighted by atomic mass is 79.9. The van der Waals surface area contributed by atoms with Crippen molar-refractivity contribution < 1.29 is 14.3 Å². The predicted octanol–water partition coefficient (Wildman–Crippen LogP) is 2.71. The van der Waals surface area contributed by atoms with Gasteiger partial charge in [-0.3, -0.25) is 9.69 Å². The summed E-state index contributed by atoms with van der Waals surface area (Å²) in [5.74, 6) is 1.16. The van der Waals surface area contributed by atoms with E-state index in [4.69, 9.17) is 9.47 Å². The van der Waals surface area contributed by atoms with Crippen molar-refractivity contribution in [3.8, 4) is 5.75 Å². The van der Waals surface area contributed by atoms with Crippen molar-refractivity contribution in [2.24, 2.45) is 5.92 Å². The number of carbonyl (C=O) groups excluding carboxylic acids is 1. The number of benzene rings is 1. The topological polar surface area (TPSA) is 38.8 Å². The number of likely N-dealkylation sites (tertiary alicyclic amines) is 1. The normalized spacial score (nSPS) is 19.6. The number of esters is 1. The van der Waals surface area contributed by atoms with Crippen LogP contribution in [0.3, 0.4) is 0 Å². The van der Waals surface area contributed by atoms with Gasteiger partial charge in [-0.25, -0.2) is 0 Å². The summed E-state index contributed by atoms with van der Waals surface area (Å²) in [7, 11) is 1.43. The second kappa shape index (κ2) is 7.64. The van der Waals surface area contributed by atoms with E-state index in [0.29, 0.717) is 19.1 Å². The van der Waals surface area contributed by atoms with Gasteiger partial charge >= 0.3 is 5.97 Å². The number of ether oxygens (including phenoxy) is 2. The van der Waals surface area contributed by atoms with Crippen molar-refractivity contribution in [3.63, 3.8) is 0 Å². The van der Waals surface area contributed by atoms with Gasteiger partial charge in [-0.05, 0) is 47.4 Å². The van der Waals surface area contributed by atoms with E-state index >= 15 is 0 Å². The molecule has 1 heterocycles. The maximum Gasteiger partial charge on any atom is 0.319 e. The first kappa shape index (κ1) is 15.3.